The molecule has 3 atom stereocenters. The van der Waals surface area contributed by atoms with Gasteiger partial charge in [0.2, 0.25) is 0 Å². The standard InChI is InChI=1S/C19H19ClFN3O5/c20-13-2-1-10(6-14(13)21)28-16-8-19(3-4-24(9-19)18(26)27)12(16)5-11-7-15(17(22)25)23-29-11/h1-2,6-7,12,16H,3-5,8-9H2,(H2,22,25)(H,26,27). The molecule has 3 N–H and O–H groups in total. The molecule has 2 aliphatic rings. The fourth-order valence-corrected chi connectivity index (χ4v) is 4.51. The summed E-state index contributed by atoms with van der Waals surface area (Å²) in [6.45, 7) is 0.829. The van der Waals surface area contributed by atoms with E-state index in [1.165, 1.54) is 23.1 Å². The number of carbonyl (C=O) groups excluding carboxylic acids is 1. The lowest BCUT2D eigenvalue weighted by atomic mass is 9.56. The lowest BCUT2D eigenvalue weighted by Crippen LogP contribution is -2.56. The molecule has 0 bridgehead atoms. The van der Waals surface area contributed by atoms with Gasteiger partial charge in [0.05, 0.1) is 5.02 Å². The Kier molecular flexibility index (Phi) is 4.85. The van der Waals surface area contributed by atoms with Gasteiger partial charge in [0.25, 0.3) is 5.91 Å². The Morgan fingerprint density at radius 3 is 2.86 bits per heavy atom. The molecule has 1 aromatic carbocycles. The molecule has 1 saturated heterocycles. The second kappa shape index (κ2) is 7.22. The van der Waals surface area contributed by atoms with E-state index in [0.717, 1.165) is 0 Å². The van der Waals surface area contributed by atoms with Gasteiger partial charge in [-0.25, -0.2) is 9.18 Å². The summed E-state index contributed by atoms with van der Waals surface area (Å²) in [5.74, 6) is -0.549. The van der Waals surface area contributed by atoms with Crippen molar-refractivity contribution >= 4 is 23.6 Å². The maximum atomic E-state index is 13.8. The SMILES string of the molecule is NC(=O)c1cc(CC2C(Oc3ccc(Cl)c(F)c3)CC23CCN(C(=O)O)C3)on1. The predicted molar refractivity (Wildman–Crippen MR) is 99.3 cm³/mol. The summed E-state index contributed by atoms with van der Waals surface area (Å²) in [6.07, 6.45) is 0.485. The Bertz CT molecular complexity index is 967. The molecule has 1 spiro atoms. The van der Waals surface area contributed by atoms with Gasteiger partial charge in [0.15, 0.2) is 5.69 Å². The van der Waals surface area contributed by atoms with E-state index in [4.69, 9.17) is 26.6 Å². The average Bonchev–Trinajstić information content (AvgIpc) is 3.31. The van der Waals surface area contributed by atoms with Crippen molar-refractivity contribution in [1.82, 2.24) is 10.1 Å². The number of hydrogen-bond donors (Lipinski definition) is 2. The summed E-state index contributed by atoms with van der Waals surface area (Å²) in [4.78, 5) is 24.0. The van der Waals surface area contributed by atoms with Crippen molar-refractivity contribution in [2.75, 3.05) is 13.1 Å². The zero-order valence-corrected chi connectivity index (χ0v) is 16.1. The van der Waals surface area contributed by atoms with E-state index in [2.05, 4.69) is 5.16 Å². The number of ether oxygens (including phenoxy) is 1. The van der Waals surface area contributed by atoms with Crippen LogP contribution in [0, 0.1) is 17.2 Å². The van der Waals surface area contributed by atoms with Crippen LogP contribution >= 0.6 is 11.6 Å². The second-order valence-corrected chi connectivity index (χ2v) is 8.01. The first-order valence-electron chi connectivity index (χ1n) is 9.12. The van der Waals surface area contributed by atoms with Crippen molar-refractivity contribution in [3.8, 4) is 5.75 Å². The monoisotopic (exact) mass is 423 g/mol. The van der Waals surface area contributed by atoms with Crippen LogP contribution in [0.5, 0.6) is 5.75 Å². The zero-order chi connectivity index (χ0) is 20.8. The number of carbonyl (C=O) groups is 2. The summed E-state index contributed by atoms with van der Waals surface area (Å²) in [5, 5.41) is 13.0. The van der Waals surface area contributed by atoms with E-state index < -0.39 is 17.8 Å². The van der Waals surface area contributed by atoms with Crippen molar-refractivity contribution in [2.24, 2.45) is 17.1 Å². The first-order chi connectivity index (χ1) is 13.8. The van der Waals surface area contributed by atoms with Gasteiger partial charge >= 0.3 is 6.09 Å². The molecular formula is C19H19ClFN3O5. The lowest BCUT2D eigenvalue weighted by Gasteiger charge is -2.52. The third-order valence-corrected chi connectivity index (χ3v) is 6.22. The predicted octanol–water partition coefficient (Wildman–Crippen LogP) is 2.95. The normalized spacial score (nSPS) is 25.8. The molecule has 2 fully saturated rings. The largest absolute Gasteiger partial charge is 0.490 e. The van der Waals surface area contributed by atoms with Crippen molar-refractivity contribution in [1.29, 1.82) is 0 Å². The van der Waals surface area contributed by atoms with Crippen molar-refractivity contribution in [2.45, 2.75) is 25.4 Å². The molecule has 2 aromatic rings. The summed E-state index contributed by atoms with van der Waals surface area (Å²) in [6, 6.07) is 5.72. The fourth-order valence-electron chi connectivity index (χ4n) is 4.40. The number of primary amides is 1. The Hall–Kier alpha value is -2.81. The number of aromatic nitrogens is 1. The van der Waals surface area contributed by atoms with Crippen LogP contribution in [-0.2, 0) is 6.42 Å². The molecule has 8 nitrogen and oxygen atoms in total. The van der Waals surface area contributed by atoms with Crippen LogP contribution in [0.4, 0.5) is 9.18 Å². The molecule has 2 heterocycles. The van der Waals surface area contributed by atoms with E-state index in [1.54, 1.807) is 6.07 Å². The molecule has 0 radical (unpaired) electrons. The molecule has 3 unspecified atom stereocenters. The van der Waals surface area contributed by atoms with Crippen molar-refractivity contribution in [3.05, 3.63) is 46.6 Å². The van der Waals surface area contributed by atoms with E-state index >= 15 is 0 Å². The number of carboxylic acid groups (broad SMARTS) is 1. The minimum atomic E-state index is -0.958. The molecule has 1 aliphatic carbocycles. The van der Waals surface area contributed by atoms with Gasteiger partial charge in [-0.3, -0.25) is 4.79 Å². The van der Waals surface area contributed by atoms with Gasteiger partial charge in [-0.15, -0.1) is 0 Å². The highest BCUT2D eigenvalue weighted by Gasteiger charge is 2.58. The second-order valence-electron chi connectivity index (χ2n) is 7.61. The molecule has 1 saturated carbocycles. The van der Waals surface area contributed by atoms with Crippen LogP contribution in [0.25, 0.3) is 0 Å². The van der Waals surface area contributed by atoms with E-state index in [1.807, 2.05) is 0 Å². The highest BCUT2D eigenvalue weighted by Crippen LogP contribution is 2.55. The van der Waals surface area contributed by atoms with Crippen LogP contribution in [0.1, 0.15) is 29.1 Å². The fraction of sp³-hybridized carbons (Fsp3) is 0.421. The Balaban J connectivity index is 1.55. The van der Waals surface area contributed by atoms with Crippen LogP contribution in [0.15, 0.2) is 28.8 Å². The van der Waals surface area contributed by atoms with E-state index in [9.17, 15) is 19.1 Å². The molecule has 10 heteroatoms. The first kappa shape index (κ1) is 19.5. The van der Waals surface area contributed by atoms with Crippen molar-refractivity contribution in [3.63, 3.8) is 0 Å². The topological polar surface area (TPSA) is 119 Å². The number of nitrogens with zero attached hydrogens (tertiary/aromatic N) is 2. The Morgan fingerprint density at radius 1 is 1.45 bits per heavy atom. The number of benzene rings is 1. The smallest absolute Gasteiger partial charge is 0.407 e. The molecular weight excluding hydrogens is 405 g/mol. The highest BCUT2D eigenvalue weighted by atomic mass is 35.5. The van der Waals surface area contributed by atoms with Gasteiger partial charge in [0.1, 0.15) is 23.4 Å². The maximum Gasteiger partial charge on any atom is 0.407 e. The maximum absolute atomic E-state index is 13.8. The number of amides is 2. The third kappa shape index (κ3) is 3.62. The number of nitrogens with two attached hydrogens (primary N) is 1. The van der Waals surface area contributed by atoms with Gasteiger partial charge in [0, 0.05) is 43.0 Å². The van der Waals surface area contributed by atoms with E-state index in [-0.39, 0.29) is 28.2 Å². The molecule has 1 aliphatic heterocycles. The number of hydrogen-bond acceptors (Lipinski definition) is 5. The molecule has 154 valence electrons. The Labute approximate surface area is 170 Å². The highest BCUT2D eigenvalue weighted by molar-refractivity contribution is 6.30. The van der Waals surface area contributed by atoms with Gasteiger partial charge in [-0.2, -0.15) is 0 Å². The van der Waals surface area contributed by atoms with E-state index in [0.29, 0.717) is 43.9 Å². The summed E-state index contributed by atoms with van der Waals surface area (Å²) >= 11 is 5.72. The molecule has 1 aromatic heterocycles. The third-order valence-electron chi connectivity index (χ3n) is 5.91. The van der Waals surface area contributed by atoms with Gasteiger partial charge < -0.3 is 25.0 Å². The first-order valence-corrected chi connectivity index (χ1v) is 9.50. The summed E-state index contributed by atoms with van der Waals surface area (Å²) in [5.41, 5.74) is 4.98. The number of halogens is 2. The molecule has 4 rings (SSSR count). The number of rotatable bonds is 5. The van der Waals surface area contributed by atoms with Crippen molar-refractivity contribution < 1.29 is 28.3 Å². The van der Waals surface area contributed by atoms with Gasteiger partial charge in [-0.05, 0) is 25.0 Å². The van der Waals surface area contributed by atoms with Crippen LogP contribution < -0.4 is 10.5 Å². The summed E-state index contributed by atoms with van der Waals surface area (Å²) < 4.78 is 25.0. The minimum absolute atomic E-state index is 0.00696. The van der Waals surface area contributed by atoms with Crippen LogP contribution in [-0.4, -0.2) is 46.4 Å². The lowest BCUT2D eigenvalue weighted by molar-refractivity contribution is -0.0872. The Morgan fingerprint density at radius 2 is 2.24 bits per heavy atom. The zero-order valence-electron chi connectivity index (χ0n) is 15.3. The average molecular weight is 424 g/mol. The number of likely N-dealkylation sites (tertiary alicyclic amines) is 1. The molecule has 2 amide bonds. The molecule has 29 heavy (non-hydrogen) atoms. The minimum Gasteiger partial charge on any atom is -0.490 e. The van der Waals surface area contributed by atoms with Crippen LogP contribution in [0.3, 0.4) is 0 Å². The van der Waals surface area contributed by atoms with Gasteiger partial charge in [-0.1, -0.05) is 16.8 Å². The quantitative estimate of drug-likeness (QED) is 0.763. The van der Waals surface area contributed by atoms with Crippen LogP contribution in [0.2, 0.25) is 5.02 Å². The summed E-state index contributed by atoms with van der Waals surface area (Å²) in [7, 11) is 0.